The Kier molecular flexibility index (Phi) is 3.51. The van der Waals surface area contributed by atoms with Crippen LogP contribution in [0.1, 0.15) is 0 Å². The van der Waals surface area contributed by atoms with Gasteiger partial charge in [0, 0.05) is 17.7 Å². The summed E-state index contributed by atoms with van der Waals surface area (Å²) in [6, 6.07) is 21.4. The minimum absolute atomic E-state index is 0.221. The van der Waals surface area contributed by atoms with E-state index in [0.29, 0.717) is 5.76 Å². The van der Waals surface area contributed by atoms with Gasteiger partial charge in [-0.15, -0.1) is 0 Å². The zero-order valence-electron chi connectivity index (χ0n) is 13.1. The maximum Gasteiger partial charge on any atom is 0.193 e. The van der Waals surface area contributed by atoms with E-state index in [2.05, 4.69) is 0 Å². The van der Waals surface area contributed by atoms with E-state index < -0.39 is 0 Å². The van der Waals surface area contributed by atoms with Crippen molar-refractivity contribution in [2.24, 2.45) is 0 Å². The molecule has 0 spiro atoms. The topological polar surface area (TPSA) is 70.7 Å². The Hall–Kier alpha value is -3.53. The number of phenols is 2. The Morgan fingerprint density at radius 2 is 1.36 bits per heavy atom. The largest absolute Gasteiger partial charge is 0.504 e. The second-order valence-corrected chi connectivity index (χ2v) is 5.76. The van der Waals surface area contributed by atoms with Gasteiger partial charge in [0.1, 0.15) is 11.3 Å². The Morgan fingerprint density at radius 3 is 2.16 bits per heavy atom. The standard InChI is InChI=1S/C21H14O4/c22-17-11-20(25-21-12-19(24)18(23)10-16(17)21)15-8-4-7-14(9-15)13-5-2-1-3-6-13/h1-12,23-24H. The first kappa shape index (κ1) is 15.0. The van der Waals surface area contributed by atoms with E-state index in [1.165, 1.54) is 18.2 Å². The lowest BCUT2D eigenvalue weighted by Gasteiger charge is -2.07. The molecule has 0 aliphatic heterocycles. The highest BCUT2D eigenvalue weighted by Crippen LogP contribution is 2.32. The zero-order valence-corrected chi connectivity index (χ0v) is 13.1. The van der Waals surface area contributed by atoms with Crippen LogP contribution < -0.4 is 5.43 Å². The molecule has 0 aliphatic carbocycles. The normalized spacial score (nSPS) is 10.9. The molecule has 1 heterocycles. The molecule has 0 aliphatic rings. The first-order valence-electron chi connectivity index (χ1n) is 7.77. The third-order valence-electron chi connectivity index (χ3n) is 4.08. The summed E-state index contributed by atoms with van der Waals surface area (Å²) in [4.78, 5) is 12.3. The van der Waals surface area contributed by atoms with E-state index >= 15 is 0 Å². The van der Waals surface area contributed by atoms with Crippen LogP contribution in [-0.2, 0) is 0 Å². The molecule has 4 nitrogen and oxygen atoms in total. The molecule has 2 N–H and O–H groups in total. The van der Waals surface area contributed by atoms with Gasteiger partial charge in [-0.2, -0.15) is 0 Å². The van der Waals surface area contributed by atoms with Crippen LogP contribution in [0, 0.1) is 0 Å². The monoisotopic (exact) mass is 330 g/mol. The molecule has 4 rings (SSSR count). The molecule has 0 saturated heterocycles. The Labute approximate surface area is 143 Å². The fraction of sp³-hybridized carbons (Fsp3) is 0. The molecule has 0 unspecified atom stereocenters. The third kappa shape index (κ3) is 2.74. The fourth-order valence-electron chi connectivity index (χ4n) is 2.80. The average molecular weight is 330 g/mol. The smallest absolute Gasteiger partial charge is 0.193 e. The lowest BCUT2D eigenvalue weighted by molar-refractivity contribution is 0.403. The van der Waals surface area contributed by atoms with Crippen LogP contribution in [0.15, 0.2) is 82.0 Å². The van der Waals surface area contributed by atoms with Gasteiger partial charge in [0.25, 0.3) is 0 Å². The molecule has 25 heavy (non-hydrogen) atoms. The lowest BCUT2D eigenvalue weighted by atomic mass is 10.0. The summed E-state index contributed by atoms with van der Waals surface area (Å²) in [6.07, 6.45) is 0. The summed E-state index contributed by atoms with van der Waals surface area (Å²) in [5.41, 5.74) is 2.77. The molecule has 0 radical (unpaired) electrons. The molecule has 122 valence electrons. The highest BCUT2D eigenvalue weighted by Gasteiger charge is 2.11. The van der Waals surface area contributed by atoms with Crippen molar-refractivity contribution in [1.29, 1.82) is 0 Å². The highest BCUT2D eigenvalue weighted by atomic mass is 16.3. The van der Waals surface area contributed by atoms with Crippen molar-refractivity contribution in [2.45, 2.75) is 0 Å². The highest BCUT2D eigenvalue weighted by molar-refractivity contribution is 5.82. The van der Waals surface area contributed by atoms with Gasteiger partial charge >= 0.3 is 0 Å². The van der Waals surface area contributed by atoms with Crippen molar-refractivity contribution >= 4 is 11.0 Å². The Bertz CT molecular complexity index is 1130. The van der Waals surface area contributed by atoms with Crippen LogP contribution in [0.5, 0.6) is 11.5 Å². The molecule has 4 aromatic rings. The number of rotatable bonds is 2. The predicted molar refractivity (Wildman–Crippen MR) is 96.7 cm³/mol. The molecule has 0 bridgehead atoms. The van der Waals surface area contributed by atoms with Crippen molar-refractivity contribution in [2.75, 3.05) is 0 Å². The average Bonchev–Trinajstić information content (AvgIpc) is 2.64. The van der Waals surface area contributed by atoms with Crippen molar-refractivity contribution in [1.82, 2.24) is 0 Å². The number of hydrogen-bond donors (Lipinski definition) is 2. The van der Waals surface area contributed by atoms with Gasteiger partial charge in [0.15, 0.2) is 16.9 Å². The molecule has 0 fully saturated rings. The van der Waals surface area contributed by atoms with Crippen molar-refractivity contribution < 1.29 is 14.6 Å². The molecule has 4 heteroatoms. The first-order chi connectivity index (χ1) is 12.1. The molecule has 3 aromatic carbocycles. The second-order valence-electron chi connectivity index (χ2n) is 5.76. The van der Waals surface area contributed by atoms with Crippen LogP contribution in [-0.4, -0.2) is 10.2 Å². The van der Waals surface area contributed by atoms with Gasteiger partial charge in [0.05, 0.1) is 5.39 Å². The molecular weight excluding hydrogens is 316 g/mol. The maximum absolute atomic E-state index is 12.3. The minimum atomic E-state index is -0.348. The van der Waals surface area contributed by atoms with Crippen LogP contribution in [0.2, 0.25) is 0 Å². The van der Waals surface area contributed by atoms with E-state index in [4.69, 9.17) is 4.42 Å². The van der Waals surface area contributed by atoms with Gasteiger partial charge in [-0.3, -0.25) is 4.79 Å². The van der Waals surface area contributed by atoms with E-state index in [1.807, 2.05) is 54.6 Å². The summed E-state index contributed by atoms with van der Waals surface area (Å²) in [6.45, 7) is 0. The molecule has 0 atom stereocenters. The number of phenolic OH excluding ortho intramolecular Hbond substituents is 2. The summed E-state index contributed by atoms with van der Waals surface area (Å²) in [5, 5.41) is 19.4. The predicted octanol–water partition coefficient (Wildman–Crippen LogP) is 4.54. The number of fused-ring (bicyclic) bond motifs is 1. The van der Waals surface area contributed by atoms with Crippen molar-refractivity contribution in [3.63, 3.8) is 0 Å². The maximum atomic E-state index is 12.3. The molecule has 1 aromatic heterocycles. The summed E-state index contributed by atoms with van der Waals surface area (Å²) >= 11 is 0. The summed E-state index contributed by atoms with van der Waals surface area (Å²) < 4.78 is 5.78. The van der Waals surface area contributed by atoms with Crippen LogP contribution >= 0.6 is 0 Å². The van der Waals surface area contributed by atoms with Gasteiger partial charge in [0.2, 0.25) is 0 Å². The Morgan fingerprint density at radius 1 is 0.680 bits per heavy atom. The zero-order chi connectivity index (χ0) is 17.4. The summed E-state index contributed by atoms with van der Waals surface area (Å²) in [7, 11) is 0. The van der Waals surface area contributed by atoms with E-state index in [-0.39, 0.29) is 27.9 Å². The second kappa shape index (κ2) is 5.83. The van der Waals surface area contributed by atoms with Crippen LogP contribution in [0.3, 0.4) is 0 Å². The molecule has 0 saturated carbocycles. The lowest BCUT2D eigenvalue weighted by Crippen LogP contribution is -2.00. The van der Waals surface area contributed by atoms with Gasteiger partial charge in [-0.1, -0.05) is 48.5 Å². The van der Waals surface area contributed by atoms with Gasteiger partial charge in [-0.05, 0) is 23.3 Å². The van der Waals surface area contributed by atoms with Gasteiger partial charge in [-0.25, -0.2) is 0 Å². The van der Waals surface area contributed by atoms with Crippen molar-refractivity contribution in [3.05, 3.63) is 83.0 Å². The minimum Gasteiger partial charge on any atom is -0.504 e. The molecule has 0 amide bonds. The van der Waals surface area contributed by atoms with E-state index in [0.717, 1.165) is 16.7 Å². The van der Waals surface area contributed by atoms with Crippen molar-refractivity contribution in [3.8, 4) is 33.9 Å². The fourth-order valence-corrected chi connectivity index (χ4v) is 2.80. The third-order valence-corrected chi connectivity index (χ3v) is 4.08. The van der Waals surface area contributed by atoms with Gasteiger partial charge < -0.3 is 14.6 Å². The number of hydrogen-bond acceptors (Lipinski definition) is 4. The number of benzene rings is 3. The van der Waals surface area contributed by atoms with Crippen LogP contribution in [0.25, 0.3) is 33.4 Å². The quantitative estimate of drug-likeness (QED) is 0.529. The summed E-state index contributed by atoms with van der Waals surface area (Å²) in [5.74, 6) is -0.273. The first-order valence-corrected chi connectivity index (χ1v) is 7.77. The SMILES string of the molecule is O=c1cc(-c2cccc(-c3ccccc3)c2)oc2cc(O)c(O)cc12. The number of aromatic hydroxyl groups is 2. The van der Waals surface area contributed by atoms with E-state index in [9.17, 15) is 15.0 Å². The molecular formula is C21H14O4. The van der Waals surface area contributed by atoms with E-state index in [1.54, 1.807) is 0 Å². The van der Waals surface area contributed by atoms with Crippen LogP contribution in [0.4, 0.5) is 0 Å². The Balaban J connectivity index is 1.88.